The van der Waals surface area contributed by atoms with Crippen LogP contribution < -0.4 is 9.64 Å². The van der Waals surface area contributed by atoms with Gasteiger partial charge in [-0.2, -0.15) is 0 Å². The number of aromatic nitrogens is 2. The predicted octanol–water partition coefficient (Wildman–Crippen LogP) is 4.28. The summed E-state index contributed by atoms with van der Waals surface area (Å²) >= 11 is 1.26. The lowest BCUT2D eigenvalue weighted by Crippen LogP contribution is -2.36. The van der Waals surface area contributed by atoms with E-state index in [-0.39, 0.29) is 11.2 Å². The minimum Gasteiger partial charge on any atom is -0.497 e. The highest BCUT2D eigenvalue weighted by Crippen LogP contribution is 2.28. The molecule has 7 heteroatoms. The fraction of sp³-hybridized carbons (Fsp3) is 0.250. The highest BCUT2D eigenvalue weighted by Gasteiger charge is 2.24. The molecular formula is C20H21N3O3S. The number of ether oxygens (including phenoxy) is 1. The molecule has 0 aliphatic carbocycles. The van der Waals surface area contributed by atoms with Gasteiger partial charge in [-0.3, -0.25) is 4.79 Å². The van der Waals surface area contributed by atoms with E-state index in [2.05, 4.69) is 10.2 Å². The minimum atomic E-state index is -0.352. The van der Waals surface area contributed by atoms with Gasteiger partial charge in [0.15, 0.2) is 0 Å². The Morgan fingerprint density at radius 3 is 2.48 bits per heavy atom. The highest BCUT2D eigenvalue weighted by atomic mass is 32.2. The molecule has 2 aromatic carbocycles. The van der Waals surface area contributed by atoms with Gasteiger partial charge in [0, 0.05) is 17.8 Å². The van der Waals surface area contributed by atoms with Crippen molar-refractivity contribution in [2.24, 2.45) is 0 Å². The summed E-state index contributed by atoms with van der Waals surface area (Å²) in [4.78, 5) is 14.6. The summed E-state index contributed by atoms with van der Waals surface area (Å²) in [5, 5.41) is 8.15. The minimum absolute atomic E-state index is 0.00195. The number of hydrogen-bond acceptors (Lipinski definition) is 6. The lowest BCUT2D eigenvalue weighted by atomic mass is 10.2. The molecule has 0 N–H and O–H groups in total. The summed E-state index contributed by atoms with van der Waals surface area (Å²) in [7, 11) is 1.61. The predicted molar refractivity (Wildman–Crippen MR) is 106 cm³/mol. The van der Waals surface area contributed by atoms with E-state index in [1.54, 1.807) is 12.0 Å². The van der Waals surface area contributed by atoms with Gasteiger partial charge >= 0.3 is 0 Å². The maximum absolute atomic E-state index is 12.8. The van der Waals surface area contributed by atoms with Crippen molar-refractivity contribution in [3.8, 4) is 17.2 Å². The Balaban J connectivity index is 1.69. The average Bonchev–Trinajstić information content (AvgIpc) is 3.17. The van der Waals surface area contributed by atoms with Gasteiger partial charge in [-0.25, -0.2) is 0 Å². The van der Waals surface area contributed by atoms with Crippen LogP contribution in [0.1, 0.15) is 13.8 Å². The summed E-state index contributed by atoms with van der Waals surface area (Å²) < 4.78 is 10.9. The Morgan fingerprint density at radius 1 is 1.15 bits per heavy atom. The number of nitrogens with zero attached hydrogens (tertiary/aromatic N) is 3. The molecule has 0 aliphatic heterocycles. The van der Waals surface area contributed by atoms with Gasteiger partial charge in [-0.1, -0.05) is 30.0 Å². The molecule has 3 aromatic rings. The first-order valence-electron chi connectivity index (χ1n) is 8.63. The second-order valence-electron chi connectivity index (χ2n) is 5.78. The Morgan fingerprint density at radius 2 is 1.85 bits per heavy atom. The number of hydrogen-bond donors (Lipinski definition) is 0. The molecule has 0 bridgehead atoms. The van der Waals surface area contributed by atoms with Crippen molar-refractivity contribution in [2.75, 3.05) is 18.6 Å². The third-order valence-electron chi connectivity index (χ3n) is 4.02. The summed E-state index contributed by atoms with van der Waals surface area (Å²) in [5.74, 6) is 1.17. The molecule has 27 heavy (non-hydrogen) atoms. The van der Waals surface area contributed by atoms with E-state index in [1.807, 2.05) is 68.4 Å². The van der Waals surface area contributed by atoms with Gasteiger partial charge in [0.25, 0.3) is 5.22 Å². The maximum atomic E-state index is 12.8. The van der Waals surface area contributed by atoms with Crippen LogP contribution in [0.25, 0.3) is 11.5 Å². The largest absolute Gasteiger partial charge is 0.497 e. The molecule has 0 aliphatic rings. The number of methoxy groups -OCH3 is 1. The van der Waals surface area contributed by atoms with Crippen molar-refractivity contribution in [2.45, 2.75) is 24.3 Å². The highest BCUT2D eigenvalue weighted by molar-refractivity contribution is 8.00. The Bertz CT molecular complexity index is 881. The molecule has 1 aromatic heterocycles. The molecular weight excluding hydrogens is 362 g/mol. The third-order valence-corrected chi connectivity index (χ3v) is 4.94. The second kappa shape index (κ2) is 8.73. The molecule has 1 atom stereocenters. The molecule has 1 amide bonds. The van der Waals surface area contributed by atoms with E-state index in [0.29, 0.717) is 17.7 Å². The molecule has 6 nitrogen and oxygen atoms in total. The van der Waals surface area contributed by atoms with Crippen molar-refractivity contribution in [3.05, 3.63) is 54.6 Å². The van der Waals surface area contributed by atoms with Crippen LogP contribution in [0.15, 0.2) is 64.2 Å². The van der Waals surface area contributed by atoms with Crippen molar-refractivity contribution in [1.29, 1.82) is 0 Å². The van der Waals surface area contributed by atoms with Gasteiger partial charge in [0.1, 0.15) is 5.75 Å². The van der Waals surface area contributed by atoms with Crippen LogP contribution >= 0.6 is 11.8 Å². The van der Waals surface area contributed by atoms with E-state index in [4.69, 9.17) is 9.15 Å². The topological polar surface area (TPSA) is 68.5 Å². The molecule has 1 heterocycles. The van der Waals surface area contributed by atoms with Gasteiger partial charge in [-0.05, 0) is 50.2 Å². The first-order valence-corrected chi connectivity index (χ1v) is 9.51. The van der Waals surface area contributed by atoms with Gasteiger partial charge in [0.2, 0.25) is 11.8 Å². The quantitative estimate of drug-likeness (QED) is 0.567. The van der Waals surface area contributed by atoms with E-state index in [9.17, 15) is 4.79 Å². The second-order valence-corrected chi connectivity index (χ2v) is 7.07. The zero-order valence-corrected chi connectivity index (χ0v) is 16.3. The van der Waals surface area contributed by atoms with Gasteiger partial charge < -0.3 is 14.1 Å². The Kier molecular flexibility index (Phi) is 6.13. The Hall–Kier alpha value is -2.80. The van der Waals surface area contributed by atoms with Crippen LogP contribution in [0.3, 0.4) is 0 Å². The van der Waals surface area contributed by atoms with Gasteiger partial charge in [0.05, 0.1) is 12.4 Å². The van der Waals surface area contributed by atoms with Gasteiger partial charge in [-0.15, -0.1) is 10.2 Å². The van der Waals surface area contributed by atoms with Crippen molar-refractivity contribution >= 4 is 23.4 Å². The summed E-state index contributed by atoms with van der Waals surface area (Å²) in [6, 6.07) is 17.0. The summed E-state index contributed by atoms with van der Waals surface area (Å²) in [6.45, 7) is 4.39. The van der Waals surface area contributed by atoms with E-state index in [1.165, 1.54) is 11.8 Å². The zero-order valence-electron chi connectivity index (χ0n) is 15.5. The van der Waals surface area contributed by atoms with Crippen LogP contribution in [-0.4, -0.2) is 35.0 Å². The standard InChI is InChI=1S/C20H21N3O3S/c1-4-23(16-8-6-5-7-9-16)19(24)14(2)27-20-22-21-18(26-20)15-10-12-17(25-3)13-11-15/h5-14H,4H2,1-3H3. The monoisotopic (exact) mass is 383 g/mol. The zero-order chi connectivity index (χ0) is 19.2. The first-order chi connectivity index (χ1) is 13.1. The number of thioether (sulfide) groups is 1. The molecule has 0 saturated heterocycles. The molecule has 0 saturated carbocycles. The molecule has 0 spiro atoms. The van der Waals surface area contributed by atoms with Crippen molar-refractivity contribution in [3.63, 3.8) is 0 Å². The van der Waals surface area contributed by atoms with E-state index in [0.717, 1.165) is 17.0 Å². The fourth-order valence-corrected chi connectivity index (χ4v) is 3.35. The van der Waals surface area contributed by atoms with Crippen LogP contribution in [-0.2, 0) is 4.79 Å². The summed E-state index contributed by atoms with van der Waals surface area (Å²) in [5.41, 5.74) is 1.68. The molecule has 3 rings (SSSR count). The van der Waals surface area contributed by atoms with Crippen LogP contribution in [0.4, 0.5) is 5.69 Å². The average molecular weight is 383 g/mol. The van der Waals surface area contributed by atoms with E-state index < -0.39 is 0 Å². The third kappa shape index (κ3) is 4.49. The van der Waals surface area contributed by atoms with Crippen LogP contribution in [0, 0.1) is 0 Å². The lowest BCUT2D eigenvalue weighted by Gasteiger charge is -2.23. The SMILES string of the molecule is CCN(C(=O)C(C)Sc1nnc(-c2ccc(OC)cc2)o1)c1ccccc1. The number of rotatable bonds is 7. The van der Waals surface area contributed by atoms with Crippen molar-refractivity contribution < 1.29 is 13.9 Å². The molecule has 0 radical (unpaired) electrons. The fourth-order valence-electron chi connectivity index (χ4n) is 2.60. The Labute approximate surface area is 162 Å². The number of amides is 1. The smallest absolute Gasteiger partial charge is 0.277 e. The van der Waals surface area contributed by atoms with Crippen LogP contribution in [0.5, 0.6) is 5.75 Å². The molecule has 0 fully saturated rings. The van der Waals surface area contributed by atoms with E-state index >= 15 is 0 Å². The van der Waals surface area contributed by atoms with Crippen LogP contribution in [0.2, 0.25) is 0 Å². The molecule has 140 valence electrons. The number of carbonyl (C=O) groups excluding carboxylic acids is 1. The number of benzene rings is 2. The first kappa shape index (κ1) is 19.0. The number of carbonyl (C=O) groups is 1. The maximum Gasteiger partial charge on any atom is 0.277 e. The van der Waals surface area contributed by atoms with Crippen molar-refractivity contribution in [1.82, 2.24) is 10.2 Å². The molecule has 1 unspecified atom stereocenters. The number of para-hydroxylation sites is 1. The summed E-state index contributed by atoms with van der Waals surface area (Å²) in [6.07, 6.45) is 0. The number of anilines is 1. The lowest BCUT2D eigenvalue weighted by molar-refractivity contribution is -0.117. The normalized spacial score (nSPS) is 11.8.